The minimum Gasteiger partial charge on any atom is -0.376 e. The lowest BCUT2D eigenvalue weighted by molar-refractivity contribution is -0.0946. The van der Waals surface area contributed by atoms with Crippen molar-refractivity contribution in [2.24, 2.45) is 0 Å². The lowest BCUT2D eigenvalue weighted by Crippen LogP contribution is -2.32. The Morgan fingerprint density at radius 3 is 2.88 bits per heavy atom. The first kappa shape index (κ1) is 20.4. The maximum atomic E-state index is 12.7. The second-order valence-corrected chi connectivity index (χ2v) is 8.87. The van der Waals surface area contributed by atoms with Crippen molar-refractivity contribution in [3.8, 4) is 11.3 Å². The second-order valence-electron chi connectivity index (χ2n) is 8.87. The third-order valence-electron chi connectivity index (χ3n) is 6.36. The number of carbonyl (C=O) groups is 1. The summed E-state index contributed by atoms with van der Waals surface area (Å²) in [6.45, 7) is 2.87. The zero-order chi connectivity index (χ0) is 22.2. The van der Waals surface area contributed by atoms with Crippen molar-refractivity contribution in [3.05, 3.63) is 59.1 Å². The van der Waals surface area contributed by atoms with Crippen LogP contribution in [0.3, 0.4) is 0 Å². The average molecular weight is 447 g/mol. The Kier molecular flexibility index (Phi) is 5.35. The van der Waals surface area contributed by atoms with E-state index >= 15 is 0 Å². The molecule has 2 fully saturated rings. The van der Waals surface area contributed by atoms with Crippen LogP contribution in [0.15, 0.2) is 30.7 Å². The van der Waals surface area contributed by atoms with Crippen molar-refractivity contribution in [3.63, 3.8) is 0 Å². The van der Waals surface area contributed by atoms with Crippen molar-refractivity contribution >= 4 is 5.91 Å². The predicted octanol–water partition coefficient (Wildman–Crippen LogP) is 2.06. The predicted molar refractivity (Wildman–Crippen MR) is 119 cm³/mol. The fraction of sp³-hybridized carbons (Fsp3) is 0.458. The van der Waals surface area contributed by atoms with Gasteiger partial charge < -0.3 is 14.8 Å². The number of fused-ring (bicyclic) bond motifs is 3. The molecule has 0 unspecified atom stereocenters. The van der Waals surface area contributed by atoms with Crippen molar-refractivity contribution < 1.29 is 14.3 Å². The first-order valence-electron chi connectivity index (χ1n) is 11.6. The number of aryl methyl sites for hydroxylation is 2. The maximum absolute atomic E-state index is 12.7. The van der Waals surface area contributed by atoms with Crippen LogP contribution in [-0.4, -0.2) is 56.6 Å². The van der Waals surface area contributed by atoms with E-state index in [1.807, 2.05) is 16.9 Å². The van der Waals surface area contributed by atoms with Crippen LogP contribution in [0.25, 0.3) is 11.3 Å². The van der Waals surface area contributed by atoms with Gasteiger partial charge >= 0.3 is 0 Å². The summed E-state index contributed by atoms with van der Waals surface area (Å²) in [4.78, 5) is 26.2. The number of hydrogen-bond acceptors (Lipinski definition) is 7. The van der Waals surface area contributed by atoms with Gasteiger partial charge in [0.25, 0.3) is 5.91 Å². The van der Waals surface area contributed by atoms with Crippen LogP contribution >= 0.6 is 0 Å². The van der Waals surface area contributed by atoms with Gasteiger partial charge in [-0.15, -0.1) is 0 Å². The van der Waals surface area contributed by atoms with Crippen molar-refractivity contribution in [2.45, 2.75) is 50.8 Å². The highest BCUT2D eigenvalue weighted by atomic mass is 16.6. The van der Waals surface area contributed by atoms with Gasteiger partial charge in [0.15, 0.2) is 0 Å². The Morgan fingerprint density at radius 1 is 1.15 bits per heavy atom. The molecule has 3 aliphatic rings. The van der Waals surface area contributed by atoms with Crippen molar-refractivity contribution in [2.75, 3.05) is 19.8 Å². The standard InChI is InChI=1S/C24H26N6O3/c31-24(27-10-17-9-26-22(11-25-17)15-1-2-15)21-6-4-19-20(28-21)5-3-16-12-30(29-23(16)19)13-18-14-32-7-8-33-18/h4,6,9,11-12,15,18H,1-3,5,7-8,10,13-14H2,(H,27,31)/t18-/m1/s1. The summed E-state index contributed by atoms with van der Waals surface area (Å²) in [5.74, 6) is 0.360. The minimum atomic E-state index is -0.211. The second kappa shape index (κ2) is 8.64. The molecule has 1 aliphatic heterocycles. The molecule has 3 aromatic heterocycles. The van der Waals surface area contributed by atoms with Gasteiger partial charge in [0.2, 0.25) is 0 Å². The summed E-state index contributed by atoms with van der Waals surface area (Å²) in [6.07, 6.45) is 9.71. The van der Waals surface area contributed by atoms with Crippen LogP contribution < -0.4 is 5.32 Å². The molecule has 0 spiro atoms. The van der Waals surface area contributed by atoms with Crippen molar-refractivity contribution in [1.82, 2.24) is 30.0 Å². The lowest BCUT2D eigenvalue weighted by atomic mass is 9.94. The summed E-state index contributed by atoms with van der Waals surface area (Å²) in [5, 5.41) is 7.69. The van der Waals surface area contributed by atoms with Gasteiger partial charge in [-0.3, -0.25) is 19.4 Å². The highest BCUT2D eigenvalue weighted by molar-refractivity contribution is 5.92. The third kappa shape index (κ3) is 4.38. The molecule has 1 atom stereocenters. The summed E-state index contributed by atoms with van der Waals surface area (Å²) in [5.41, 5.74) is 6.24. The van der Waals surface area contributed by atoms with E-state index in [0.717, 1.165) is 41.2 Å². The number of rotatable bonds is 6. The fourth-order valence-corrected chi connectivity index (χ4v) is 4.41. The molecule has 33 heavy (non-hydrogen) atoms. The molecular weight excluding hydrogens is 420 g/mol. The van der Waals surface area contributed by atoms with E-state index in [9.17, 15) is 4.79 Å². The maximum Gasteiger partial charge on any atom is 0.270 e. The number of ether oxygens (including phenoxy) is 2. The van der Waals surface area contributed by atoms with Crippen LogP contribution in [0.5, 0.6) is 0 Å². The van der Waals surface area contributed by atoms with Gasteiger partial charge in [-0.2, -0.15) is 5.10 Å². The molecule has 0 aromatic carbocycles. The molecule has 0 bridgehead atoms. The smallest absolute Gasteiger partial charge is 0.270 e. The number of amides is 1. The van der Waals surface area contributed by atoms with Gasteiger partial charge in [-0.1, -0.05) is 0 Å². The normalized spacial score (nSPS) is 19.6. The molecule has 9 heteroatoms. The van der Waals surface area contributed by atoms with Crippen LogP contribution in [0.1, 0.15) is 51.9 Å². The Hall–Kier alpha value is -3.17. The molecule has 3 aromatic rings. The molecular formula is C24H26N6O3. The number of pyridine rings is 1. The lowest BCUT2D eigenvalue weighted by Gasteiger charge is -2.22. The van der Waals surface area contributed by atoms with E-state index in [1.165, 1.54) is 18.4 Å². The van der Waals surface area contributed by atoms with Gasteiger partial charge in [0, 0.05) is 23.9 Å². The van der Waals surface area contributed by atoms with E-state index in [2.05, 4.69) is 26.5 Å². The molecule has 0 radical (unpaired) electrons. The molecule has 170 valence electrons. The summed E-state index contributed by atoms with van der Waals surface area (Å²) in [7, 11) is 0. The fourth-order valence-electron chi connectivity index (χ4n) is 4.41. The van der Waals surface area contributed by atoms with E-state index < -0.39 is 0 Å². The molecule has 6 rings (SSSR count). The number of carbonyl (C=O) groups excluding carboxylic acids is 1. The Balaban J connectivity index is 1.13. The molecule has 2 aliphatic carbocycles. The highest BCUT2D eigenvalue weighted by Crippen LogP contribution is 2.38. The zero-order valence-corrected chi connectivity index (χ0v) is 18.4. The van der Waals surface area contributed by atoms with Crippen LogP contribution in [0, 0.1) is 0 Å². The van der Waals surface area contributed by atoms with Gasteiger partial charge in [0.1, 0.15) is 11.8 Å². The first-order valence-corrected chi connectivity index (χ1v) is 11.6. The first-order chi connectivity index (χ1) is 16.2. The SMILES string of the molecule is O=C(NCc1cnc(C2CC2)cn1)c1ccc2c(n1)CCc1cn(C[C@@H]3COCCO3)nc1-2. The van der Waals surface area contributed by atoms with Crippen LogP contribution in [-0.2, 0) is 35.4 Å². The van der Waals surface area contributed by atoms with Gasteiger partial charge in [0.05, 0.1) is 61.9 Å². The zero-order valence-electron chi connectivity index (χ0n) is 18.4. The van der Waals surface area contributed by atoms with Gasteiger partial charge in [-0.05, 0) is 43.4 Å². The van der Waals surface area contributed by atoms with E-state index in [1.54, 1.807) is 12.3 Å². The van der Waals surface area contributed by atoms with Gasteiger partial charge in [-0.25, -0.2) is 4.98 Å². The minimum absolute atomic E-state index is 0.0263. The summed E-state index contributed by atoms with van der Waals surface area (Å²) >= 11 is 0. The molecule has 1 N–H and O–H groups in total. The molecule has 1 amide bonds. The van der Waals surface area contributed by atoms with Crippen LogP contribution in [0.2, 0.25) is 0 Å². The Morgan fingerprint density at radius 2 is 2.09 bits per heavy atom. The summed E-state index contributed by atoms with van der Waals surface area (Å²) in [6, 6.07) is 3.72. The number of hydrogen-bond donors (Lipinski definition) is 1. The quantitative estimate of drug-likeness (QED) is 0.618. The molecule has 4 heterocycles. The number of nitrogens with one attached hydrogen (secondary N) is 1. The van der Waals surface area contributed by atoms with E-state index in [0.29, 0.717) is 44.5 Å². The Bertz CT molecular complexity index is 1170. The molecule has 1 saturated carbocycles. The topological polar surface area (TPSA) is 104 Å². The third-order valence-corrected chi connectivity index (χ3v) is 6.36. The summed E-state index contributed by atoms with van der Waals surface area (Å²) < 4.78 is 13.2. The van der Waals surface area contributed by atoms with E-state index in [-0.39, 0.29) is 12.0 Å². The molecule has 1 saturated heterocycles. The highest BCUT2D eigenvalue weighted by Gasteiger charge is 2.26. The average Bonchev–Trinajstić information content (AvgIpc) is 3.62. The largest absolute Gasteiger partial charge is 0.376 e. The van der Waals surface area contributed by atoms with Crippen LogP contribution in [0.4, 0.5) is 0 Å². The Labute approximate surface area is 191 Å². The number of aromatic nitrogens is 5. The molecule has 9 nitrogen and oxygen atoms in total. The van der Waals surface area contributed by atoms with Crippen molar-refractivity contribution in [1.29, 1.82) is 0 Å². The number of nitrogens with zero attached hydrogens (tertiary/aromatic N) is 5. The monoisotopic (exact) mass is 446 g/mol. The van der Waals surface area contributed by atoms with E-state index in [4.69, 9.17) is 14.6 Å².